The summed E-state index contributed by atoms with van der Waals surface area (Å²) in [6, 6.07) is 9.83. The molecule has 0 saturated heterocycles. The fourth-order valence-electron chi connectivity index (χ4n) is 3.00. The predicted molar refractivity (Wildman–Crippen MR) is 113 cm³/mol. The largest absolute Gasteiger partial charge is 0.349 e. The van der Waals surface area contributed by atoms with Gasteiger partial charge in [0.15, 0.2) is 0 Å². The summed E-state index contributed by atoms with van der Waals surface area (Å²) in [6.07, 6.45) is 1.03. The minimum absolute atomic E-state index is 0.0277. The third kappa shape index (κ3) is 4.52. The number of thioether (sulfide) groups is 1. The molecule has 0 aliphatic carbocycles. The highest BCUT2D eigenvalue weighted by molar-refractivity contribution is 7.98. The Hall–Kier alpha value is -2.41. The van der Waals surface area contributed by atoms with Gasteiger partial charge in [-0.15, -0.1) is 5.10 Å². The van der Waals surface area contributed by atoms with Crippen LogP contribution in [-0.2, 0) is 5.75 Å². The van der Waals surface area contributed by atoms with Crippen LogP contribution in [0.2, 0.25) is 0 Å². The van der Waals surface area contributed by atoms with E-state index < -0.39 is 0 Å². The summed E-state index contributed by atoms with van der Waals surface area (Å²) in [5.74, 6) is 1.64. The van der Waals surface area contributed by atoms with E-state index >= 15 is 0 Å². The molecule has 0 saturated carbocycles. The van der Waals surface area contributed by atoms with Crippen molar-refractivity contribution in [2.75, 3.05) is 0 Å². The van der Waals surface area contributed by atoms with E-state index in [9.17, 15) is 4.79 Å². The summed E-state index contributed by atoms with van der Waals surface area (Å²) in [7, 11) is 0. The van der Waals surface area contributed by atoms with Crippen molar-refractivity contribution in [2.45, 2.75) is 58.0 Å². The van der Waals surface area contributed by atoms with Gasteiger partial charge >= 0.3 is 0 Å². The summed E-state index contributed by atoms with van der Waals surface area (Å²) in [5.41, 5.74) is 3.60. The fourth-order valence-corrected chi connectivity index (χ4v) is 3.82. The van der Waals surface area contributed by atoms with Crippen LogP contribution in [0.4, 0.5) is 0 Å². The maximum Gasteiger partial charge on any atom is 0.253 e. The summed E-state index contributed by atoms with van der Waals surface area (Å²) < 4.78 is 1.75. The molecule has 3 aromatic rings. The molecule has 0 bridgehead atoms. The Morgan fingerprint density at radius 2 is 1.96 bits per heavy atom. The number of nitrogens with zero attached hydrogens (tertiary/aromatic N) is 4. The highest BCUT2D eigenvalue weighted by atomic mass is 32.2. The zero-order valence-electron chi connectivity index (χ0n) is 17.1. The van der Waals surface area contributed by atoms with Crippen LogP contribution in [-0.4, -0.2) is 31.5 Å². The number of hydrogen-bond acceptors (Lipinski definition) is 5. The molecule has 0 spiro atoms. The third-order valence-electron chi connectivity index (χ3n) is 5.07. The van der Waals surface area contributed by atoms with Crippen molar-refractivity contribution in [1.82, 2.24) is 24.9 Å². The van der Waals surface area contributed by atoms with Crippen LogP contribution in [0.1, 0.15) is 54.5 Å². The summed E-state index contributed by atoms with van der Waals surface area (Å²) in [6.45, 7) is 10.3. The van der Waals surface area contributed by atoms with E-state index in [0.717, 1.165) is 23.4 Å². The van der Waals surface area contributed by atoms with Crippen molar-refractivity contribution < 1.29 is 4.79 Å². The number of aromatic nitrogens is 4. The van der Waals surface area contributed by atoms with E-state index in [0.29, 0.717) is 28.2 Å². The Balaban J connectivity index is 1.75. The molecule has 0 aliphatic heterocycles. The smallest absolute Gasteiger partial charge is 0.253 e. The normalized spacial score (nSPS) is 13.5. The van der Waals surface area contributed by atoms with Crippen molar-refractivity contribution in [2.24, 2.45) is 5.92 Å². The number of amides is 1. The van der Waals surface area contributed by atoms with Crippen LogP contribution >= 0.6 is 11.8 Å². The van der Waals surface area contributed by atoms with Crippen LogP contribution in [0.15, 0.2) is 35.5 Å². The molecule has 2 aromatic heterocycles. The number of aryl methyl sites for hydroxylation is 2. The monoisotopic (exact) mass is 397 g/mol. The van der Waals surface area contributed by atoms with E-state index in [-0.39, 0.29) is 11.9 Å². The molecule has 7 heteroatoms. The first kappa shape index (κ1) is 20.3. The van der Waals surface area contributed by atoms with Gasteiger partial charge in [0, 0.05) is 28.7 Å². The molecular weight excluding hydrogens is 370 g/mol. The van der Waals surface area contributed by atoms with Gasteiger partial charge in [-0.2, -0.15) is 4.98 Å². The SMILES string of the molecule is CC[C@@H](C)[C@H](C)NC(=O)c1ccccc1CSc1nc2nc(C)cc(C)n2n1. The number of carbonyl (C=O) groups excluding carboxylic acids is 1. The molecular formula is C21H27N5OS. The quantitative estimate of drug-likeness (QED) is 0.605. The molecule has 148 valence electrons. The van der Waals surface area contributed by atoms with Gasteiger partial charge in [-0.25, -0.2) is 9.50 Å². The molecule has 0 radical (unpaired) electrons. The fraction of sp³-hybridized carbons (Fsp3) is 0.429. The van der Waals surface area contributed by atoms with Crippen molar-refractivity contribution in [1.29, 1.82) is 0 Å². The van der Waals surface area contributed by atoms with Gasteiger partial charge in [0.2, 0.25) is 5.16 Å². The molecule has 0 unspecified atom stereocenters. The van der Waals surface area contributed by atoms with E-state index in [2.05, 4.69) is 41.2 Å². The molecule has 2 atom stereocenters. The highest BCUT2D eigenvalue weighted by Gasteiger charge is 2.17. The standard InChI is InChI=1S/C21H27N5OS/c1-6-13(2)16(5)23-19(27)18-10-8-7-9-17(18)12-28-21-24-20-22-14(3)11-15(4)26(20)25-21/h7-11,13,16H,6,12H2,1-5H3,(H,23,27)/t13-,16+/m1/s1. The Labute approximate surface area is 170 Å². The van der Waals surface area contributed by atoms with Crippen LogP contribution in [0.25, 0.3) is 5.78 Å². The van der Waals surface area contributed by atoms with Crippen LogP contribution < -0.4 is 5.32 Å². The van der Waals surface area contributed by atoms with Gasteiger partial charge in [0.05, 0.1) is 0 Å². The zero-order valence-corrected chi connectivity index (χ0v) is 17.9. The third-order valence-corrected chi connectivity index (χ3v) is 5.96. The number of fused-ring (bicyclic) bond motifs is 1. The molecule has 28 heavy (non-hydrogen) atoms. The lowest BCUT2D eigenvalue weighted by Crippen LogP contribution is -2.37. The molecule has 6 nitrogen and oxygen atoms in total. The average Bonchev–Trinajstić information content (AvgIpc) is 3.09. The lowest BCUT2D eigenvalue weighted by molar-refractivity contribution is 0.0927. The van der Waals surface area contributed by atoms with E-state index in [1.165, 1.54) is 11.8 Å². The van der Waals surface area contributed by atoms with E-state index in [4.69, 9.17) is 0 Å². The molecule has 2 heterocycles. The van der Waals surface area contributed by atoms with Crippen LogP contribution in [0.3, 0.4) is 0 Å². The average molecular weight is 398 g/mol. The molecule has 3 rings (SSSR count). The minimum atomic E-state index is -0.0277. The maximum absolute atomic E-state index is 12.8. The first-order chi connectivity index (χ1) is 13.4. The zero-order chi connectivity index (χ0) is 20.3. The molecule has 1 aromatic carbocycles. The van der Waals surface area contributed by atoms with Gasteiger partial charge in [0.25, 0.3) is 11.7 Å². The van der Waals surface area contributed by atoms with Crippen molar-refractivity contribution >= 4 is 23.4 Å². The topological polar surface area (TPSA) is 72.2 Å². The van der Waals surface area contributed by atoms with Gasteiger partial charge in [-0.1, -0.05) is 50.2 Å². The second-order valence-corrected chi connectivity index (χ2v) is 8.18. The van der Waals surface area contributed by atoms with Gasteiger partial charge in [-0.05, 0) is 44.4 Å². The molecule has 0 fully saturated rings. The van der Waals surface area contributed by atoms with Gasteiger partial charge in [-0.3, -0.25) is 4.79 Å². The predicted octanol–water partition coefficient (Wildman–Crippen LogP) is 4.20. The first-order valence-corrected chi connectivity index (χ1v) is 10.6. The second-order valence-electron chi connectivity index (χ2n) is 7.24. The minimum Gasteiger partial charge on any atom is -0.349 e. The Kier molecular flexibility index (Phi) is 6.34. The summed E-state index contributed by atoms with van der Waals surface area (Å²) in [4.78, 5) is 21.7. The summed E-state index contributed by atoms with van der Waals surface area (Å²) >= 11 is 1.51. The maximum atomic E-state index is 12.8. The van der Waals surface area contributed by atoms with Crippen molar-refractivity contribution in [3.8, 4) is 0 Å². The summed E-state index contributed by atoms with van der Waals surface area (Å²) in [5, 5.41) is 8.31. The number of carbonyl (C=O) groups is 1. The number of hydrogen-bond donors (Lipinski definition) is 1. The number of benzene rings is 1. The van der Waals surface area contributed by atoms with Gasteiger partial charge in [0.1, 0.15) is 0 Å². The van der Waals surface area contributed by atoms with Crippen molar-refractivity contribution in [3.63, 3.8) is 0 Å². The van der Waals surface area contributed by atoms with E-state index in [1.54, 1.807) is 4.52 Å². The molecule has 1 N–H and O–H groups in total. The van der Waals surface area contributed by atoms with Crippen molar-refractivity contribution in [3.05, 3.63) is 52.8 Å². The highest BCUT2D eigenvalue weighted by Crippen LogP contribution is 2.23. The van der Waals surface area contributed by atoms with Crippen LogP contribution in [0, 0.1) is 19.8 Å². The lowest BCUT2D eigenvalue weighted by atomic mass is 10.00. The van der Waals surface area contributed by atoms with Gasteiger partial charge < -0.3 is 5.32 Å². The molecule has 0 aliphatic rings. The van der Waals surface area contributed by atoms with E-state index in [1.807, 2.05) is 44.2 Å². The van der Waals surface area contributed by atoms with Crippen LogP contribution in [0.5, 0.6) is 0 Å². The second kappa shape index (κ2) is 8.73. The Morgan fingerprint density at radius 1 is 1.21 bits per heavy atom. The Bertz CT molecular complexity index is 984. The lowest BCUT2D eigenvalue weighted by Gasteiger charge is -2.20. The Morgan fingerprint density at radius 3 is 2.71 bits per heavy atom. The first-order valence-electron chi connectivity index (χ1n) is 9.61. The number of rotatable bonds is 7. The molecule has 1 amide bonds. The number of nitrogens with one attached hydrogen (secondary N) is 1.